The minimum Gasteiger partial charge on any atom is -0.496 e. The number of benzene rings is 1. The molecule has 0 saturated heterocycles. The monoisotopic (exact) mass is 252 g/mol. The van der Waals surface area contributed by atoms with Crippen molar-refractivity contribution < 1.29 is 19.0 Å². The van der Waals surface area contributed by atoms with Crippen molar-refractivity contribution in [3.63, 3.8) is 0 Å². The molecule has 0 bridgehead atoms. The second-order valence-electron chi connectivity index (χ2n) is 4.08. The summed E-state index contributed by atoms with van der Waals surface area (Å²) in [5, 5.41) is 0. The number of methoxy groups -OCH3 is 2. The molecule has 1 aromatic carbocycles. The normalized spacial score (nSPS) is 10.4. The highest BCUT2D eigenvalue weighted by atomic mass is 16.5. The molecule has 0 heterocycles. The van der Waals surface area contributed by atoms with E-state index in [1.807, 2.05) is 25.1 Å². The molecule has 18 heavy (non-hydrogen) atoms. The maximum Gasteiger partial charge on any atom is 0.162 e. The Labute approximate surface area is 108 Å². The van der Waals surface area contributed by atoms with Crippen molar-refractivity contribution in [1.29, 1.82) is 0 Å². The first-order valence-corrected chi connectivity index (χ1v) is 5.89. The van der Waals surface area contributed by atoms with Gasteiger partial charge >= 0.3 is 0 Å². The van der Waals surface area contributed by atoms with Crippen molar-refractivity contribution in [1.82, 2.24) is 0 Å². The van der Waals surface area contributed by atoms with E-state index in [9.17, 15) is 4.79 Å². The Hall–Kier alpha value is -1.39. The number of ketones is 1. The SMILES string of the molecule is COCCOCC(=O)Cc1cc(C)ccc1OC. The Morgan fingerprint density at radius 1 is 1.22 bits per heavy atom. The number of aryl methyl sites for hydroxylation is 1. The standard InChI is InChI=1S/C14H20O4/c1-11-4-5-14(17-3)12(8-11)9-13(15)10-18-7-6-16-2/h4-5,8H,6-7,9-10H2,1-3H3. The van der Waals surface area contributed by atoms with Gasteiger partial charge in [0, 0.05) is 19.1 Å². The van der Waals surface area contributed by atoms with Crippen LogP contribution in [0.1, 0.15) is 11.1 Å². The molecule has 0 N–H and O–H groups in total. The lowest BCUT2D eigenvalue weighted by Gasteiger charge is -2.09. The van der Waals surface area contributed by atoms with Crippen LogP contribution in [0.4, 0.5) is 0 Å². The molecule has 0 spiro atoms. The molecule has 0 aliphatic rings. The Morgan fingerprint density at radius 2 is 2.00 bits per heavy atom. The van der Waals surface area contributed by atoms with Gasteiger partial charge in [0.05, 0.1) is 20.3 Å². The fraction of sp³-hybridized carbons (Fsp3) is 0.500. The summed E-state index contributed by atoms with van der Waals surface area (Å²) in [4.78, 5) is 11.7. The summed E-state index contributed by atoms with van der Waals surface area (Å²) in [6.07, 6.45) is 0.331. The smallest absolute Gasteiger partial charge is 0.162 e. The number of carbonyl (C=O) groups is 1. The summed E-state index contributed by atoms with van der Waals surface area (Å²) in [5.74, 6) is 0.779. The molecule has 1 rings (SSSR count). The Balaban J connectivity index is 2.50. The molecule has 0 amide bonds. The Morgan fingerprint density at radius 3 is 2.67 bits per heavy atom. The summed E-state index contributed by atoms with van der Waals surface area (Å²) in [6.45, 7) is 3.04. The van der Waals surface area contributed by atoms with Gasteiger partial charge in [0.2, 0.25) is 0 Å². The van der Waals surface area contributed by atoms with Gasteiger partial charge in [-0.1, -0.05) is 17.7 Å². The van der Waals surface area contributed by atoms with E-state index in [4.69, 9.17) is 14.2 Å². The number of rotatable bonds is 8. The highest BCUT2D eigenvalue weighted by molar-refractivity contribution is 5.82. The molecular weight excluding hydrogens is 232 g/mol. The van der Waals surface area contributed by atoms with E-state index in [0.29, 0.717) is 19.6 Å². The molecule has 4 heteroatoms. The molecule has 100 valence electrons. The van der Waals surface area contributed by atoms with E-state index >= 15 is 0 Å². The molecule has 0 radical (unpaired) electrons. The second-order valence-corrected chi connectivity index (χ2v) is 4.08. The highest BCUT2D eigenvalue weighted by Gasteiger charge is 2.09. The number of Topliss-reactive ketones (excluding diaryl/α,β-unsaturated/α-hetero) is 1. The van der Waals surface area contributed by atoms with Gasteiger partial charge in [0.15, 0.2) is 5.78 Å². The molecule has 0 aliphatic carbocycles. The van der Waals surface area contributed by atoms with Crippen molar-refractivity contribution in [2.24, 2.45) is 0 Å². The minimum absolute atomic E-state index is 0.0370. The van der Waals surface area contributed by atoms with Crippen molar-refractivity contribution >= 4 is 5.78 Å². The van der Waals surface area contributed by atoms with Crippen LogP contribution in [-0.4, -0.2) is 39.8 Å². The first-order chi connectivity index (χ1) is 8.67. The van der Waals surface area contributed by atoms with E-state index in [1.54, 1.807) is 14.2 Å². The van der Waals surface area contributed by atoms with Gasteiger partial charge in [-0.2, -0.15) is 0 Å². The zero-order valence-electron chi connectivity index (χ0n) is 11.2. The Kier molecular flexibility index (Phi) is 6.39. The molecular formula is C14H20O4. The van der Waals surface area contributed by atoms with Gasteiger partial charge in [-0.3, -0.25) is 4.79 Å². The van der Waals surface area contributed by atoms with E-state index in [0.717, 1.165) is 16.9 Å². The van der Waals surface area contributed by atoms with Crippen molar-refractivity contribution in [3.8, 4) is 5.75 Å². The lowest BCUT2D eigenvalue weighted by atomic mass is 10.1. The average molecular weight is 252 g/mol. The molecule has 0 fully saturated rings. The average Bonchev–Trinajstić information content (AvgIpc) is 2.35. The van der Waals surface area contributed by atoms with Crippen LogP contribution in [0.25, 0.3) is 0 Å². The first-order valence-electron chi connectivity index (χ1n) is 5.89. The molecule has 0 unspecified atom stereocenters. The van der Waals surface area contributed by atoms with Gasteiger partial charge < -0.3 is 14.2 Å². The van der Waals surface area contributed by atoms with Crippen LogP contribution >= 0.6 is 0 Å². The summed E-state index contributed by atoms with van der Waals surface area (Å²) < 4.78 is 15.3. The molecule has 4 nitrogen and oxygen atoms in total. The Bertz CT molecular complexity index is 387. The zero-order chi connectivity index (χ0) is 13.4. The molecule has 0 aliphatic heterocycles. The molecule has 0 saturated carbocycles. The van der Waals surface area contributed by atoms with Crippen LogP contribution in [0, 0.1) is 6.92 Å². The summed E-state index contributed by atoms with van der Waals surface area (Å²) >= 11 is 0. The predicted molar refractivity (Wildman–Crippen MR) is 69.1 cm³/mol. The number of hydrogen-bond acceptors (Lipinski definition) is 4. The van der Waals surface area contributed by atoms with Crippen LogP contribution in [0.15, 0.2) is 18.2 Å². The summed E-state index contributed by atoms with van der Waals surface area (Å²) in [7, 11) is 3.20. The largest absolute Gasteiger partial charge is 0.496 e. The third-order valence-corrected chi connectivity index (χ3v) is 2.52. The van der Waals surface area contributed by atoms with Crippen molar-refractivity contribution in [2.75, 3.05) is 34.0 Å². The predicted octanol–water partition coefficient (Wildman–Crippen LogP) is 1.78. The van der Waals surface area contributed by atoms with Gasteiger partial charge in [-0.25, -0.2) is 0 Å². The highest BCUT2D eigenvalue weighted by Crippen LogP contribution is 2.20. The maximum atomic E-state index is 11.7. The maximum absolute atomic E-state index is 11.7. The van der Waals surface area contributed by atoms with E-state index in [2.05, 4.69) is 0 Å². The minimum atomic E-state index is 0.0370. The third-order valence-electron chi connectivity index (χ3n) is 2.52. The quantitative estimate of drug-likeness (QED) is 0.662. The lowest BCUT2D eigenvalue weighted by molar-refractivity contribution is -0.123. The lowest BCUT2D eigenvalue weighted by Crippen LogP contribution is -2.14. The fourth-order valence-corrected chi connectivity index (χ4v) is 1.64. The molecule has 0 atom stereocenters. The van der Waals surface area contributed by atoms with Crippen LogP contribution in [-0.2, 0) is 20.7 Å². The topological polar surface area (TPSA) is 44.8 Å². The number of carbonyl (C=O) groups excluding carboxylic acids is 1. The van der Waals surface area contributed by atoms with Crippen LogP contribution in [0.2, 0.25) is 0 Å². The zero-order valence-corrected chi connectivity index (χ0v) is 11.2. The summed E-state index contributed by atoms with van der Waals surface area (Å²) in [5.41, 5.74) is 2.01. The fourth-order valence-electron chi connectivity index (χ4n) is 1.64. The van der Waals surface area contributed by atoms with Gasteiger partial charge in [0.1, 0.15) is 12.4 Å². The number of ether oxygens (including phenoxy) is 3. The molecule has 1 aromatic rings. The van der Waals surface area contributed by atoms with Crippen LogP contribution in [0.5, 0.6) is 5.75 Å². The second kappa shape index (κ2) is 7.84. The summed E-state index contributed by atoms with van der Waals surface area (Å²) in [6, 6.07) is 5.80. The van der Waals surface area contributed by atoms with Gasteiger partial charge in [-0.15, -0.1) is 0 Å². The first kappa shape index (κ1) is 14.7. The van der Waals surface area contributed by atoms with E-state index in [1.165, 1.54) is 0 Å². The van der Waals surface area contributed by atoms with Gasteiger partial charge in [-0.05, 0) is 13.0 Å². The van der Waals surface area contributed by atoms with Crippen LogP contribution in [0.3, 0.4) is 0 Å². The van der Waals surface area contributed by atoms with E-state index < -0.39 is 0 Å². The third kappa shape index (κ3) is 4.85. The van der Waals surface area contributed by atoms with Crippen molar-refractivity contribution in [3.05, 3.63) is 29.3 Å². The van der Waals surface area contributed by atoms with E-state index in [-0.39, 0.29) is 12.4 Å². The number of hydrogen-bond donors (Lipinski definition) is 0. The molecule has 0 aromatic heterocycles. The van der Waals surface area contributed by atoms with Crippen molar-refractivity contribution in [2.45, 2.75) is 13.3 Å². The van der Waals surface area contributed by atoms with Gasteiger partial charge in [0.25, 0.3) is 0 Å². The van der Waals surface area contributed by atoms with Crippen LogP contribution < -0.4 is 4.74 Å².